The van der Waals surface area contributed by atoms with Crippen molar-refractivity contribution in [3.8, 4) is 11.5 Å². The average Bonchev–Trinajstić information content (AvgIpc) is 2.85. The Morgan fingerprint density at radius 2 is 2.00 bits per heavy atom. The number of ether oxygens (including phenoxy) is 2. The van der Waals surface area contributed by atoms with Gasteiger partial charge in [0.1, 0.15) is 0 Å². The number of rotatable bonds is 7. The van der Waals surface area contributed by atoms with Crippen LogP contribution in [0.4, 0.5) is 0 Å². The lowest BCUT2D eigenvalue weighted by Crippen LogP contribution is -2.29. The lowest BCUT2D eigenvalue weighted by atomic mass is 10.1. The lowest BCUT2D eigenvalue weighted by Gasteiger charge is -2.18. The Balaban J connectivity index is 2.20. The molecule has 0 aliphatic carbocycles. The number of fused-ring (bicyclic) bond motifs is 1. The molecule has 1 heterocycles. The molecule has 1 aliphatic rings. The number of hydrogen-bond donors (Lipinski definition) is 1. The van der Waals surface area contributed by atoms with Gasteiger partial charge in [0.15, 0.2) is 21.3 Å². The van der Waals surface area contributed by atoms with Crippen molar-refractivity contribution in [1.29, 1.82) is 0 Å². The van der Waals surface area contributed by atoms with E-state index in [1.165, 1.54) is 0 Å². The van der Waals surface area contributed by atoms with Gasteiger partial charge in [0.2, 0.25) is 6.79 Å². The summed E-state index contributed by atoms with van der Waals surface area (Å²) in [6, 6.07) is 5.36. The molecule has 1 aliphatic heterocycles. The normalized spacial score (nSPS) is 15.3. The summed E-state index contributed by atoms with van der Waals surface area (Å²) in [5, 5.41) is 3.23. The Morgan fingerprint density at radius 1 is 1.25 bits per heavy atom. The van der Waals surface area contributed by atoms with Gasteiger partial charge in [-0.3, -0.25) is 0 Å². The van der Waals surface area contributed by atoms with Crippen molar-refractivity contribution < 1.29 is 17.9 Å². The SMILES string of the molecule is CCCS(=O)(=O)CC(NCC)c1ccc2c(c1)OCO2. The minimum absolute atomic E-state index is 0.105. The fourth-order valence-electron chi connectivity index (χ4n) is 2.30. The molecule has 0 saturated carbocycles. The summed E-state index contributed by atoms with van der Waals surface area (Å²) < 4.78 is 34.7. The standard InChI is InChI=1S/C14H21NO4S/c1-3-7-20(16,17)9-12(15-4-2)11-5-6-13-14(8-11)19-10-18-13/h5-6,8,12,15H,3-4,7,9-10H2,1-2H3. The third-order valence-electron chi connectivity index (χ3n) is 3.19. The van der Waals surface area contributed by atoms with Gasteiger partial charge >= 0.3 is 0 Å². The van der Waals surface area contributed by atoms with Gasteiger partial charge in [-0.2, -0.15) is 0 Å². The lowest BCUT2D eigenvalue weighted by molar-refractivity contribution is 0.174. The molecule has 0 spiro atoms. The summed E-state index contributed by atoms with van der Waals surface area (Å²) in [6.07, 6.45) is 0.641. The zero-order chi connectivity index (χ0) is 14.6. The van der Waals surface area contributed by atoms with E-state index in [1.807, 2.05) is 32.0 Å². The highest BCUT2D eigenvalue weighted by Gasteiger charge is 2.22. The second kappa shape index (κ2) is 6.45. The minimum atomic E-state index is -3.05. The van der Waals surface area contributed by atoms with E-state index in [0.717, 1.165) is 5.56 Å². The first-order valence-corrected chi connectivity index (χ1v) is 8.71. The molecule has 0 fully saturated rings. The smallest absolute Gasteiger partial charge is 0.231 e. The second-order valence-corrected chi connectivity index (χ2v) is 7.07. The monoisotopic (exact) mass is 299 g/mol. The molecule has 0 amide bonds. The molecule has 5 nitrogen and oxygen atoms in total. The molecule has 1 aromatic rings. The van der Waals surface area contributed by atoms with Gasteiger partial charge in [-0.15, -0.1) is 0 Å². The van der Waals surface area contributed by atoms with Crippen LogP contribution in [-0.2, 0) is 9.84 Å². The van der Waals surface area contributed by atoms with Crippen molar-refractivity contribution in [2.24, 2.45) is 0 Å². The Kier molecular flexibility index (Phi) is 4.88. The number of hydrogen-bond acceptors (Lipinski definition) is 5. The minimum Gasteiger partial charge on any atom is -0.454 e. The molecule has 6 heteroatoms. The molecular weight excluding hydrogens is 278 g/mol. The van der Waals surface area contributed by atoms with Gasteiger partial charge in [0.25, 0.3) is 0 Å². The van der Waals surface area contributed by atoms with Crippen LogP contribution in [0.2, 0.25) is 0 Å². The fraction of sp³-hybridized carbons (Fsp3) is 0.571. The van der Waals surface area contributed by atoms with Crippen LogP contribution in [0.3, 0.4) is 0 Å². The highest BCUT2D eigenvalue weighted by atomic mass is 32.2. The first kappa shape index (κ1) is 15.1. The van der Waals surface area contributed by atoms with Crippen molar-refractivity contribution in [2.75, 3.05) is 24.8 Å². The summed E-state index contributed by atoms with van der Waals surface area (Å²) in [5.41, 5.74) is 0.913. The molecule has 112 valence electrons. The van der Waals surface area contributed by atoms with Crippen LogP contribution < -0.4 is 14.8 Å². The van der Waals surface area contributed by atoms with E-state index in [4.69, 9.17) is 9.47 Å². The molecule has 0 radical (unpaired) electrons. The third kappa shape index (κ3) is 3.64. The van der Waals surface area contributed by atoms with E-state index in [9.17, 15) is 8.42 Å². The molecule has 1 atom stereocenters. The molecule has 1 aromatic carbocycles. The van der Waals surface area contributed by atoms with Gasteiger partial charge in [-0.05, 0) is 30.7 Å². The molecule has 2 rings (SSSR count). The van der Waals surface area contributed by atoms with Crippen LogP contribution in [0.25, 0.3) is 0 Å². The first-order valence-electron chi connectivity index (χ1n) is 6.89. The molecule has 0 saturated heterocycles. The van der Waals surface area contributed by atoms with Crippen LogP contribution in [0.5, 0.6) is 11.5 Å². The molecule has 0 bridgehead atoms. The van der Waals surface area contributed by atoms with Gasteiger partial charge in [0.05, 0.1) is 5.75 Å². The van der Waals surface area contributed by atoms with E-state index >= 15 is 0 Å². The molecule has 1 N–H and O–H groups in total. The number of nitrogens with one attached hydrogen (secondary N) is 1. The average molecular weight is 299 g/mol. The van der Waals surface area contributed by atoms with Crippen LogP contribution in [0, 0.1) is 0 Å². The van der Waals surface area contributed by atoms with E-state index in [0.29, 0.717) is 24.5 Å². The maximum Gasteiger partial charge on any atom is 0.231 e. The van der Waals surface area contributed by atoms with Crippen molar-refractivity contribution in [3.05, 3.63) is 23.8 Å². The number of sulfone groups is 1. The topological polar surface area (TPSA) is 64.6 Å². The van der Waals surface area contributed by atoms with Crippen LogP contribution >= 0.6 is 0 Å². The summed E-state index contributed by atoms with van der Waals surface area (Å²) in [6.45, 7) is 4.77. The summed E-state index contributed by atoms with van der Waals surface area (Å²) >= 11 is 0. The summed E-state index contributed by atoms with van der Waals surface area (Å²) in [4.78, 5) is 0. The number of benzene rings is 1. The first-order chi connectivity index (χ1) is 9.55. The fourth-order valence-corrected chi connectivity index (χ4v) is 3.90. The van der Waals surface area contributed by atoms with Crippen molar-refractivity contribution in [1.82, 2.24) is 5.32 Å². The van der Waals surface area contributed by atoms with Gasteiger partial charge < -0.3 is 14.8 Å². The zero-order valence-corrected chi connectivity index (χ0v) is 12.7. The van der Waals surface area contributed by atoms with E-state index in [1.54, 1.807) is 0 Å². The summed E-state index contributed by atoms with van der Waals surface area (Å²) in [7, 11) is -3.05. The maximum atomic E-state index is 12.0. The molecule has 1 unspecified atom stereocenters. The van der Waals surface area contributed by atoms with Gasteiger partial charge in [-0.25, -0.2) is 8.42 Å². The maximum absolute atomic E-state index is 12.0. The Morgan fingerprint density at radius 3 is 2.70 bits per heavy atom. The van der Waals surface area contributed by atoms with Crippen molar-refractivity contribution in [3.63, 3.8) is 0 Å². The predicted molar refractivity (Wildman–Crippen MR) is 77.9 cm³/mol. The zero-order valence-electron chi connectivity index (χ0n) is 11.9. The van der Waals surface area contributed by atoms with Crippen LogP contribution in [-0.4, -0.2) is 33.3 Å². The molecule has 0 aromatic heterocycles. The van der Waals surface area contributed by atoms with Crippen molar-refractivity contribution in [2.45, 2.75) is 26.3 Å². The van der Waals surface area contributed by atoms with Gasteiger partial charge in [-0.1, -0.05) is 19.9 Å². The third-order valence-corrected chi connectivity index (χ3v) is 5.06. The van der Waals surface area contributed by atoms with E-state index in [2.05, 4.69) is 5.32 Å². The van der Waals surface area contributed by atoms with E-state index in [-0.39, 0.29) is 24.3 Å². The quantitative estimate of drug-likeness (QED) is 0.833. The Hall–Kier alpha value is -1.27. The second-order valence-electron chi connectivity index (χ2n) is 4.84. The van der Waals surface area contributed by atoms with Crippen LogP contribution in [0.1, 0.15) is 31.9 Å². The highest BCUT2D eigenvalue weighted by molar-refractivity contribution is 7.91. The largest absolute Gasteiger partial charge is 0.454 e. The Labute approximate surface area is 120 Å². The van der Waals surface area contributed by atoms with Crippen LogP contribution in [0.15, 0.2) is 18.2 Å². The Bertz CT molecular complexity index is 556. The summed E-state index contributed by atoms with van der Waals surface area (Å²) in [5.74, 6) is 1.71. The highest BCUT2D eigenvalue weighted by Crippen LogP contribution is 2.34. The van der Waals surface area contributed by atoms with Gasteiger partial charge in [0, 0.05) is 11.8 Å². The molecule has 20 heavy (non-hydrogen) atoms. The predicted octanol–water partition coefficient (Wildman–Crippen LogP) is 1.89. The molecular formula is C14H21NO4S. The van der Waals surface area contributed by atoms with Crippen molar-refractivity contribution >= 4 is 9.84 Å². The van der Waals surface area contributed by atoms with E-state index < -0.39 is 9.84 Å².